The van der Waals surface area contributed by atoms with E-state index in [1.807, 2.05) is 25.1 Å². The molecular weight excluding hydrogens is 290 g/mol. The molecule has 1 aromatic carbocycles. The molecule has 0 unspecified atom stereocenters. The highest BCUT2D eigenvalue weighted by Crippen LogP contribution is 2.16. The molecule has 118 valence electrons. The predicted octanol–water partition coefficient (Wildman–Crippen LogP) is 3.56. The van der Waals surface area contributed by atoms with Gasteiger partial charge in [-0.2, -0.15) is 0 Å². The van der Waals surface area contributed by atoms with Crippen molar-refractivity contribution in [3.05, 3.63) is 60.1 Å². The lowest BCUT2D eigenvalue weighted by molar-refractivity contribution is 0.400. The maximum absolute atomic E-state index is 5.02. The van der Waals surface area contributed by atoms with Gasteiger partial charge in [-0.15, -0.1) is 0 Å². The molecule has 2 N–H and O–H groups in total. The third kappa shape index (κ3) is 4.54. The molecule has 0 aliphatic heterocycles. The van der Waals surface area contributed by atoms with Gasteiger partial charge in [0.1, 0.15) is 23.7 Å². The monoisotopic (exact) mass is 309 g/mol. The van der Waals surface area contributed by atoms with Gasteiger partial charge in [0.05, 0.1) is 0 Å². The summed E-state index contributed by atoms with van der Waals surface area (Å²) in [6.45, 7) is 2.70. The fourth-order valence-electron chi connectivity index (χ4n) is 2.23. The van der Waals surface area contributed by atoms with Crippen LogP contribution in [0.15, 0.2) is 53.3 Å². The van der Waals surface area contributed by atoms with E-state index in [1.165, 1.54) is 11.9 Å². The molecule has 6 heteroatoms. The van der Waals surface area contributed by atoms with Gasteiger partial charge in [0.15, 0.2) is 5.82 Å². The average molecular weight is 309 g/mol. The fraction of sp³-hybridized carbons (Fsp3) is 0.235. The Morgan fingerprint density at radius 3 is 2.61 bits per heavy atom. The first-order valence-electron chi connectivity index (χ1n) is 7.60. The molecule has 2 heterocycles. The number of rotatable bonds is 7. The summed E-state index contributed by atoms with van der Waals surface area (Å²) >= 11 is 0. The molecule has 0 saturated heterocycles. The lowest BCUT2D eigenvalue weighted by atomic mass is 10.1. The minimum Gasteiger partial charge on any atom is -0.370 e. The van der Waals surface area contributed by atoms with Crippen LogP contribution in [0.25, 0.3) is 0 Å². The van der Waals surface area contributed by atoms with Gasteiger partial charge < -0.3 is 15.2 Å². The molecular formula is C17H19N5O. The van der Waals surface area contributed by atoms with Crippen molar-refractivity contribution in [2.24, 2.45) is 0 Å². The zero-order valence-electron chi connectivity index (χ0n) is 13.0. The van der Waals surface area contributed by atoms with Crippen molar-refractivity contribution in [1.29, 1.82) is 0 Å². The number of nitrogens with one attached hydrogen (secondary N) is 2. The van der Waals surface area contributed by atoms with Gasteiger partial charge >= 0.3 is 0 Å². The van der Waals surface area contributed by atoms with Crippen LogP contribution in [0.1, 0.15) is 17.7 Å². The van der Waals surface area contributed by atoms with Gasteiger partial charge in [-0.05, 0) is 25.3 Å². The highest BCUT2D eigenvalue weighted by Gasteiger charge is 2.03. The largest absolute Gasteiger partial charge is 0.370 e. The molecule has 0 amide bonds. The second-order valence-corrected chi connectivity index (χ2v) is 5.25. The third-order valence-electron chi connectivity index (χ3n) is 3.34. The summed E-state index contributed by atoms with van der Waals surface area (Å²) in [6, 6.07) is 14.1. The molecule has 6 nitrogen and oxygen atoms in total. The van der Waals surface area contributed by atoms with Crippen LogP contribution in [0, 0.1) is 6.92 Å². The van der Waals surface area contributed by atoms with Crippen LogP contribution in [0.5, 0.6) is 0 Å². The van der Waals surface area contributed by atoms with Gasteiger partial charge in [-0.3, -0.25) is 0 Å². The first-order valence-corrected chi connectivity index (χ1v) is 7.60. The highest BCUT2D eigenvalue weighted by molar-refractivity contribution is 5.55. The maximum Gasteiger partial charge on any atom is 0.175 e. The van der Waals surface area contributed by atoms with E-state index in [4.69, 9.17) is 4.52 Å². The van der Waals surface area contributed by atoms with Crippen LogP contribution in [0.2, 0.25) is 0 Å². The summed E-state index contributed by atoms with van der Waals surface area (Å²) in [4.78, 5) is 8.40. The van der Waals surface area contributed by atoms with Crippen LogP contribution in [0.3, 0.4) is 0 Å². The van der Waals surface area contributed by atoms with Gasteiger partial charge in [-0.25, -0.2) is 9.97 Å². The normalized spacial score (nSPS) is 10.5. The molecule has 0 atom stereocenters. The molecule has 0 fully saturated rings. The second kappa shape index (κ2) is 7.40. The summed E-state index contributed by atoms with van der Waals surface area (Å²) in [5, 5.41) is 10.3. The summed E-state index contributed by atoms with van der Waals surface area (Å²) < 4.78 is 5.02. The van der Waals surface area contributed by atoms with Crippen LogP contribution in [-0.2, 0) is 6.42 Å². The van der Waals surface area contributed by atoms with Crippen LogP contribution < -0.4 is 10.6 Å². The standard InChI is InChI=1S/C17H19N5O/c1-13-10-17(22-23-13)21-16-11-15(19-12-20-16)18-9-5-8-14-6-3-2-4-7-14/h2-4,6-7,10-12H,5,8-9H2,1H3,(H2,18,19,20,21,22). The number of aryl methyl sites for hydroxylation is 2. The summed E-state index contributed by atoms with van der Waals surface area (Å²) in [7, 11) is 0. The molecule has 0 aliphatic carbocycles. The Balaban J connectivity index is 1.49. The summed E-state index contributed by atoms with van der Waals surface area (Å²) in [6.07, 6.45) is 3.61. The molecule has 0 spiro atoms. The van der Waals surface area contributed by atoms with Crippen molar-refractivity contribution in [1.82, 2.24) is 15.1 Å². The fourth-order valence-corrected chi connectivity index (χ4v) is 2.23. The quantitative estimate of drug-likeness (QED) is 0.650. The van der Waals surface area contributed by atoms with E-state index in [0.717, 1.165) is 31.0 Å². The van der Waals surface area contributed by atoms with E-state index < -0.39 is 0 Å². The molecule has 0 radical (unpaired) electrons. The van der Waals surface area contributed by atoms with Crippen molar-refractivity contribution in [3.63, 3.8) is 0 Å². The van der Waals surface area contributed by atoms with Crippen LogP contribution >= 0.6 is 0 Å². The first-order chi connectivity index (χ1) is 11.3. The van der Waals surface area contributed by atoms with Crippen molar-refractivity contribution in [2.75, 3.05) is 17.2 Å². The molecule has 0 bridgehead atoms. The smallest absolute Gasteiger partial charge is 0.175 e. The Bertz CT molecular complexity index is 742. The van der Waals surface area contributed by atoms with Crippen LogP contribution in [-0.4, -0.2) is 21.7 Å². The van der Waals surface area contributed by atoms with E-state index in [0.29, 0.717) is 11.6 Å². The lowest BCUT2D eigenvalue weighted by Crippen LogP contribution is -2.05. The summed E-state index contributed by atoms with van der Waals surface area (Å²) in [5.74, 6) is 2.85. The number of aromatic nitrogens is 3. The minimum atomic E-state index is 0.635. The number of nitrogens with zero attached hydrogens (tertiary/aromatic N) is 3. The van der Waals surface area contributed by atoms with E-state index in [2.05, 4.69) is 50.0 Å². The van der Waals surface area contributed by atoms with E-state index >= 15 is 0 Å². The molecule has 3 rings (SSSR count). The second-order valence-electron chi connectivity index (χ2n) is 5.25. The van der Waals surface area contributed by atoms with Crippen molar-refractivity contribution >= 4 is 17.5 Å². The predicted molar refractivity (Wildman–Crippen MR) is 89.8 cm³/mol. The molecule has 0 saturated carbocycles. The number of anilines is 3. The Labute approximate surface area is 135 Å². The zero-order chi connectivity index (χ0) is 15.9. The lowest BCUT2D eigenvalue weighted by Gasteiger charge is -2.07. The van der Waals surface area contributed by atoms with Gasteiger partial charge in [-0.1, -0.05) is 35.5 Å². The van der Waals surface area contributed by atoms with E-state index in [1.54, 1.807) is 0 Å². The van der Waals surface area contributed by atoms with Gasteiger partial charge in [0, 0.05) is 18.7 Å². The molecule has 23 heavy (non-hydrogen) atoms. The van der Waals surface area contributed by atoms with E-state index in [9.17, 15) is 0 Å². The van der Waals surface area contributed by atoms with E-state index in [-0.39, 0.29) is 0 Å². The Morgan fingerprint density at radius 2 is 1.83 bits per heavy atom. The highest BCUT2D eigenvalue weighted by atomic mass is 16.5. The van der Waals surface area contributed by atoms with Crippen LogP contribution in [0.4, 0.5) is 17.5 Å². The van der Waals surface area contributed by atoms with Crippen molar-refractivity contribution in [2.45, 2.75) is 19.8 Å². The Morgan fingerprint density at radius 1 is 1.00 bits per heavy atom. The first kappa shape index (κ1) is 15.0. The minimum absolute atomic E-state index is 0.635. The maximum atomic E-state index is 5.02. The number of benzene rings is 1. The zero-order valence-corrected chi connectivity index (χ0v) is 13.0. The SMILES string of the molecule is Cc1cc(Nc2cc(NCCCc3ccccc3)ncn2)no1. The average Bonchev–Trinajstić information content (AvgIpc) is 2.98. The topological polar surface area (TPSA) is 75.9 Å². The molecule has 2 aromatic heterocycles. The summed E-state index contributed by atoms with van der Waals surface area (Å²) in [5.41, 5.74) is 1.35. The Hall–Kier alpha value is -2.89. The molecule has 0 aliphatic rings. The van der Waals surface area contributed by atoms with Crippen molar-refractivity contribution < 1.29 is 4.52 Å². The number of hydrogen-bond acceptors (Lipinski definition) is 6. The molecule has 3 aromatic rings. The number of hydrogen-bond donors (Lipinski definition) is 2. The van der Waals surface area contributed by atoms with Gasteiger partial charge in [0.25, 0.3) is 0 Å². The van der Waals surface area contributed by atoms with Crippen molar-refractivity contribution in [3.8, 4) is 0 Å². The van der Waals surface area contributed by atoms with Gasteiger partial charge in [0.2, 0.25) is 0 Å². The third-order valence-corrected chi connectivity index (χ3v) is 3.34. The Kier molecular flexibility index (Phi) is 4.83.